The monoisotopic (exact) mass is 259 g/mol. The molecule has 0 saturated carbocycles. The van der Waals surface area contributed by atoms with Gasteiger partial charge >= 0.3 is 5.97 Å². The summed E-state index contributed by atoms with van der Waals surface area (Å²) >= 11 is 0. The van der Waals surface area contributed by atoms with Crippen LogP contribution in [0.5, 0.6) is 0 Å². The molecule has 98 valence electrons. The van der Waals surface area contributed by atoms with Crippen molar-refractivity contribution < 1.29 is 14.3 Å². The lowest BCUT2D eigenvalue weighted by Gasteiger charge is -2.11. The average molecular weight is 259 g/mol. The van der Waals surface area contributed by atoms with Gasteiger partial charge in [-0.15, -0.1) is 0 Å². The Bertz CT molecular complexity index is 638. The first-order valence-electron chi connectivity index (χ1n) is 5.84. The summed E-state index contributed by atoms with van der Waals surface area (Å²) < 4.78 is 13.4. The summed E-state index contributed by atoms with van der Waals surface area (Å²) in [5.41, 5.74) is 2.54. The second kappa shape index (κ2) is 5.10. The molecule has 3 nitrogen and oxygen atoms in total. The van der Waals surface area contributed by atoms with Gasteiger partial charge in [0.05, 0.1) is 11.3 Å². The molecule has 2 aromatic rings. The molecule has 0 bridgehead atoms. The molecule has 19 heavy (non-hydrogen) atoms. The maximum atomic E-state index is 13.4. The SMILES string of the molecule is Cc1ccc(Nc2ccc(C)c(F)c2)c(C(=O)O)c1. The topological polar surface area (TPSA) is 49.3 Å². The number of aromatic carboxylic acids is 1. The molecule has 0 spiro atoms. The van der Waals surface area contributed by atoms with E-state index in [0.717, 1.165) is 5.56 Å². The van der Waals surface area contributed by atoms with E-state index in [2.05, 4.69) is 5.32 Å². The van der Waals surface area contributed by atoms with Crippen LogP contribution in [0.4, 0.5) is 15.8 Å². The van der Waals surface area contributed by atoms with Gasteiger partial charge < -0.3 is 10.4 Å². The minimum Gasteiger partial charge on any atom is -0.478 e. The van der Waals surface area contributed by atoms with Crippen molar-refractivity contribution in [3.05, 3.63) is 58.9 Å². The fourth-order valence-electron chi connectivity index (χ4n) is 1.77. The van der Waals surface area contributed by atoms with Crippen LogP contribution < -0.4 is 5.32 Å². The number of benzene rings is 2. The summed E-state index contributed by atoms with van der Waals surface area (Å²) in [6.45, 7) is 3.50. The third kappa shape index (κ3) is 2.91. The van der Waals surface area contributed by atoms with E-state index >= 15 is 0 Å². The zero-order chi connectivity index (χ0) is 14.0. The fourth-order valence-corrected chi connectivity index (χ4v) is 1.77. The molecule has 2 N–H and O–H groups in total. The quantitative estimate of drug-likeness (QED) is 0.879. The number of carboxylic acids is 1. The number of aryl methyl sites for hydroxylation is 2. The van der Waals surface area contributed by atoms with Crippen molar-refractivity contribution in [3.63, 3.8) is 0 Å². The Morgan fingerprint density at radius 1 is 1.16 bits per heavy atom. The summed E-state index contributed by atoms with van der Waals surface area (Å²) in [6.07, 6.45) is 0. The van der Waals surface area contributed by atoms with Gasteiger partial charge in [-0.2, -0.15) is 0 Å². The molecule has 0 amide bonds. The van der Waals surface area contributed by atoms with Crippen LogP contribution in [-0.2, 0) is 0 Å². The van der Waals surface area contributed by atoms with Crippen LogP contribution in [0.25, 0.3) is 0 Å². The predicted octanol–water partition coefficient (Wildman–Crippen LogP) is 3.88. The van der Waals surface area contributed by atoms with Crippen molar-refractivity contribution in [2.24, 2.45) is 0 Å². The first-order valence-corrected chi connectivity index (χ1v) is 5.84. The highest BCUT2D eigenvalue weighted by Crippen LogP contribution is 2.23. The second-order valence-electron chi connectivity index (χ2n) is 4.44. The number of hydrogen-bond donors (Lipinski definition) is 2. The number of carbonyl (C=O) groups is 1. The van der Waals surface area contributed by atoms with Crippen molar-refractivity contribution in [2.75, 3.05) is 5.32 Å². The molecule has 2 aromatic carbocycles. The largest absolute Gasteiger partial charge is 0.478 e. The van der Waals surface area contributed by atoms with Crippen LogP contribution in [0.1, 0.15) is 21.5 Å². The Kier molecular flexibility index (Phi) is 3.51. The molecule has 4 heteroatoms. The van der Waals surface area contributed by atoms with Crippen molar-refractivity contribution >= 4 is 17.3 Å². The van der Waals surface area contributed by atoms with Gasteiger partial charge in [0.1, 0.15) is 5.82 Å². The van der Waals surface area contributed by atoms with Crippen LogP contribution in [-0.4, -0.2) is 11.1 Å². The van der Waals surface area contributed by atoms with Crippen LogP contribution in [0.2, 0.25) is 0 Å². The summed E-state index contributed by atoms with van der Waals surface area (Å²) in [5.74, 6) is -1.34. The van der Waals surface area contributed by atoms with Crippen LogP contribution in [0.15, 0.2) is 36.4 Å². The Hall–Kier alpha value is -2.36. The van der Waals surface area contributed by atoms with E-state index in [1.165, 1.54) is 6.07 Å². The molecule has 0 saturated heterocycles. The van der Waals surface area contributed by atoms with Crippen molar-refractivity contribution in [1.82, 2.24) is 0 Å². The van der Waals surface area contributed by atoms with Crippen molar-refractivity contribution in [3.8, 4) is 0 Å². The smallest absolute Gasteiger partial charge is 0.337 e. The van der Waals surface area contributed by atoms with Gasteiger partial charge in [0.15, 0.2) is 0 Å². The number of halogens is 1. The molecule has 0 aliphatic heterocycles. The van der Waals surface area contributed by atoms with E-state index in [-0.39, 0.29) is 11.4 Å². The fraction of sp³-hybridized carbons (Fsp3) is 0.133. The first kappa shape index (κ1) is 13.1. The lowest BCUT2D eigenvalue weighted by atomic mass is 10.1. The second-order valence-corrected chi connectivity index (χ2v) is 4.44. The Balaban J connectivity index is 2.37. The van der Waals surface area contributed by atoms with Crippen LogP contribution in [0.3, 0.4) is 0 Å². The van der Waals surface area contributed by atoms with Gasteiger partial charge in [0, 0.05) is 5.69 Å². The summed E-state index contributed by atoms with van der Waals surface area (Å²) in [4.78, 5) is 11.2. The van der Waals surface area contributed by atoms with Gasteiger partial charge in [0.2, 0.25) is 0 Å². The molecule has 0 aromatic heterocycles. The van der Waals surface area contributed by atoms with Gasteiger partial charge in [-0.05, 0) is 43.7 Å². The zero-order valence-corrected chi connectivity index (χ0v) is 10.7. The Morgan fingerprint density at radius 3 is 2.53 bits per heavy atom. The van der Waals surface area contributed by atoms with Crippen LogP contribution in [0, 0.1) is 19.7 Å². The van der Waals surface area contributed by atoms with E-state index in [4.69, 9.17) is 5.11 Å². The zero-order valence-electron chi connectivity index (χ0n) is 10.7. The first-order chi connectivity index (χ1) is 8.97. The lowest BCUT2D eigenvalue weighted by molar-refractivity contribution is 0.0698. The highest BCUT2D eigenvalue weighted by Gasteiger charge is 2.10. The van der Waals surface area contributed by atoms with Crippen molar-refractivity contribution in [2.45, 2.75) is 13.8 Å². The van der Waals surface area contributed by atoms with Gasteiger partial charge in [-0.25, -0.2) is 9.18 Å². The highest BCUT2D eigenvalue weighted by atomic mass is 19.1. The van der Waals surface area contributed by atoms with E-state index in [1.54, 1.807) is 37.3 Å². The number of carboxylic acid groups (broad SMARTS) is 1. The molecule has 0 aliphatic rings. The third-order valence-corrected chi connectivity index (χ3v) is 2.86. The van der Waals surface area contributed by atoms with E-state index in [0.29, 0.717) is 16.9 Å². The number of anilines is 2. The normalized spacial score (nSPS) is 10.3. The highest BCUT2D eigenvalue weighted by molar-refractivity contribution is 5.95. The standard InChI is InChI=1S/C15H14FNO2/c1-9-3-6-14(12(7-9)15(18)19)17-11-5-4-10(2)13(16)8-11/h3-8,17H,1-2H3,(H,18,19). The number of rotatable bonds is 3. The Labute approximate surface area is 110 Å². The molecule has 0 radical (unpaired) electrons. The molecule has 0 heterocycles. The lowest BCUT2D eigenvalue weighted by Crippen LogP contribution is -2.03. The predicted molar refractivity (Wildman–Crippen MR) is 72.6 cm³/mol. The molecular formula is C15H14FNO2. The maximum Gasteiger partial charge on any atom is 0.337 e. The summed E-state index contributed by atoms with van der Waals surface area (Å²) in [6, 6.07) is 9.77. The van der Waals surface area contributed by atoms with E-state index < -0.39 is 5.97 Å². The van der Waals surface area contributed by atoms with Gasteiger partial charge in [-0.1, -0.05) is 17.7 Å². The number of hydrogen-bond acceptors (Lipinski definition) is 2. The maximum absolute atomic E-state index is 13.4. The minimum atomic E-state index is -1.02. The average Bonchev–Trinajstić information content (AvgIpc) is 2.36. The molecule has 0 atom stereocenters. The Morgan fingerprint density at radius 2 is 1.89 bits per heavy atom. The van der Waals surface area contributed by atoms with E-state index in [9.17, 15) is 9.18 Å². The van der Waals surface area contributed by atoms with Crippen molar-refractivity contribution in [1.29, 1.82) is 0 Å². The minimum absolute atomic E-state index is 0.168. The molecule has 0 aliphatic carbocycles. The molecular weight excluding hydrogens is 245 g/mol. The molecule has 0 unspecified atom stereocenters. The number of nitrogens with one attached hydrogen (secondary N) is 1. The van der Waals surface area contributed by atoms with Crippen LogP contribution >= 0.6 is 0 Å². The van der Waals surface area contributed by atoms with Gasteiger partial charge in [-0.3, -0.25) is 0 Å². The van der Waals surface area contributed by atoms with E-state index in [1.807, 2.05) is 6.92 Å². The third-order valence-electron chi connectivity index (χ3n) is 2.86. The molecule has 0 fully saturated rings. The van der Waals surface area contributed by atoms with Gasteiger partial charge in [0.25, 0.3) is 0 Å². The summed E-state index contributed by atoms with van der Waals surface area (Å²) in [7, 11) is 0. The summed E-state index contributed by atoms with van der Waals surface area (Å²) in [5, 5.41) is 12.1. The molecule has 2 rings (SSSR count).